The van der Waals surface area contributed by atoms with Crippen molar-refractivity contribution < 1.29 is 4.39 Å². The molecule has 0 atom stereocenters. The van der Waals surface area contributed by atoms with E-state index in [1.165, 1.54) is 24.4 Å². The van der Waals surface area contributed by atoms with E-state index in [1.807, 2.05) is 12.1 Å². The topological polar surface area (TPSA) is 130 Å². The van der Waals surface area contributed by atoms with Crippen LogP contribution in [0.5, 0.6) is 0 Å². The van der Waals surface area contributed by atoms with Gasteiger partial charge in [-0.05, 0) is 18.1 Å². The number of nitrogens with two attached hydrogens (primary N) is 1. The molecule has 0 aliphatic heterocycles. The third-order valence-corrected chi connectivity index (χ3v) is 4.95. The highest BCUT2D eigenvalue weighted by atomic mass is 19.1. The first-order valence-corrected chi connectivity index (χ1v) is 9.68. The van der Waals surface area contributed by atoms with Gasteiger partial charge in [-0.2, -0.15) is 15.5 Å². The van der Waals surface area contributed by atoms with E-state index in [1.54, 1.807) is 11.7 Å². The number of pyridine rings is 1. The standard InChI is InChI=1S/C21H21FN8O/c1-11(2)9-25-16-7-15(28-29(16)3)13-10-30(19-12(8-23)5-4-6-14(19)22)21(31)17-18(13)26-27-20(17)24/h4-7,10-11,25H,9H2,1-3H3,(H3,24,26,27). The van der Waals surface area contributed by atoms with Gasteiger partial charge < -0.3 is 11.1 Å². The molecule has 31 heavy (non-hydrogen) atoms. The van der Waals surface area contributed by atoms with Gasteiger partial charge in [0.1, 0.15) is 28.8 Å². The molecule has 4 rings (SSSR count). The summed E-state index contributed by atoms with van der Waals surface area (Å²) < 4.78 is 17.5. The predicted octanol–water partition coefficient (Wildman–Crippen LogP) is 2.78. The van der Waals surface area contributed by atoms with E-state index >= 15 is 0 Å². The van der Waals surface area contributed by atoms with Crippen LogP contribution in [0.4, 0.5) is 16.0 Å². The van der Waals surface area contributed by atoms with E-state index in [4.69, 9.17) is 5.73 Å². The summed E-state index contributed by atoms with van der Waals surface area (Å²) in [5.74, 6) is 0.504. The Balaban J connectivity index is 1.99. The van der Waals surface area contributed by atoms with E-state index in [9.17, 15) is 14.4 Å². The number of hydrogen-bond donors (Lipinski definition) is 3. The number of benzene rings is 1. The number of halogens is 1. The van der Waals surface area contributed by atoms with Crippen LogP contribution in [0.1, 0.15) is 19.4 Å². The van der Waals surface area contributed by atoms with Crippen LogP contribution in [0.15, 0.2) is 35.3 Å². The molecular formula is C21H21FN8O. The van der Waals surface area contributed by atoms with Crippen molar-refractivity contribution in [2.75, 3.05) is 17.6 Å². The molecule has 0 spiro atoms. The SMILES string of the molecule is CC(C)CNc1cc(-c2cn(-c3c(F)cccc3C#N)c(=O)c3c(N)n[nH]c23)nn1C. The number of nitrogens with one attached hydrogen (secondary N) is 2. The number of H-pyrrole nitrogens is 1. The summed E-state index contributed by atoms with van der Waals surface area (Å²) in [6.07, 6.45) is 1.45. The highest BCUT2D eigenvalue weighted by Gasteiger charge is 2.21. The van der Waals surface area contributed by atoms with Gasteiger partial charge in [-0.25, -0.2) is 4.39 Å². The molecule has 0 saturated carbocycles. The molecule has 0 aliphatic rings. The Kier molecular flexibility index (Phi) is 4.94. The fraction of sp³-hybridized carbons (Fsp3) is 0.238. The van der Waals surface area contributed by atoms with Gasteiger partial charge >= 0.3 is 0 Å². The normalized spacial score (nSPS) is 11.2. The predicted molar refractivity (Wildman–Crippen MR) is 116 cm³/mol. The van der Waals surface area contributed by atoms with Crippen LogP contribution in [-0.4, -0.2) is 31.1 Å². The quantitative estimate of drug-likeness (QED) is 0.455. The smallest absolute Gasteiger partial charge is 0.268 e. The number of rotatable bonds is 5. The fourth-order valence-corrected chi connectivity index (χ4v) is 3.42. The number of nitrogens with zero attached hydrogens (tertiary/aromatic N) is 5. The Morgan fingerprint density at radius 1 is 1.39 bits per heavy atom. The summed E-state index contributed by atoms with van der Waals surface area (Å²) in [6.45, 7) is 4.95. The van der Waals surface area contributed by atoms with Crippen LogP contribution in [0.3, 0.4) is 0 Å². The van der Waals surface area contributed by atoms with Gasteiger partial charge in [0.25, 0.3) is 5.56 Å². The average molecular weight is 420 g/mol. The van der Waals surface area contributed by atoms with E-state index < -0.39 is 11.4 Å². The van der Waals surface area contributed by atoms with Crippen LogP contribution in [-0.2, 0) is 7.05 Å². The van der Waals surface area contributed by atoms with E-state index in [0.29, 0.717) is 22.7 Å². The summed E-state index contributed by atoms with van der Waals surface area (Å²) in [6, 6.07) is 7.82. The number of aromatic nitrogens is 5. The minimum Gasteiger partial charge on any atom is -0.382 e. The molecule has 0 amide bonds. The summed E-state index contributed by atoms with van der Waals surface area (Å²) >= 11 is 0. The second-order valence-corrected chi connectivity index (χ2v) is 7.64. The van der Waals surface area contributed by atoms with Crippen molar-refractivity contribution in [1.29, 1.82) is 5.26 Å². The number of nitrogen functional groups attached to an aromatic ring is 1. The zero-order chi connectivity index (χ0) is 22.3. The van der Waals surface area contributed by atoms with Crippen molar-refractivity contribution in [2.45, 2.75) is 13.8 Å². The van der Waals surface area contributed by atoms with Crippen molar-refractivity contribution in [2.24, 2.45) is 13.0 Å². The monoisotopic (exact) mass is 420 g/mol. The van der Waals surface area contributed by atoms with Gasteiger partial charge in [0.15, 0.2) is 5.82 Å². The van der Waals surface area contributed by atoms with Crippen molar-refractivity contribution >= 4 is 22.5 Å². The lowest BCUT2D eigenvalue weighted by Gasteiger charge is -2.11. The Labute approximate surface area is 176 Å². The Bertz CT molecular complexity index is 1390. The molecule has 10 heteroatoms. The lowest BCUT2D eigenvalue weighted by Crippen LogP contribution is -2.21. The number of nitriles is 1. The molecule has 0 radical (unpaired) electrons. The summed E-state index contributed by atoms with van der Waals surface area (Å²) in [5, 5.41) is 24.2. The summed E-state index contributed by atoms with van der Waals surface area (Å²) in [4.78, 5) is 13.2. The number of fused-ring (bicyclic) bond motifs is 1. The maximum atomic E-state index is 14.7. The summed E-state index contributed by atoms with van der Waals surface area (Å²) in [5.41, 5.74) is 6.66. The number of aromatic amines is 1. The molecule has 4 aromatic rings. The largest absolute Gasteiger partial charge is 0.382 e. The molecule has 0 fully saturated rings. The van der Waals surface area contributed by atoms with Crippen molar-refractivity contribution in [3.63, 3.8) is 0 Å². The molecule has 0 bridgehead atoms. The van der Waals surface area contributed by atoms with Crippen molar-refractivity contribution in [3.8, 4) is 23.0 Å². The second-order valence-electron chi connectivity index (χ2n) is 7.64. The number of aryl methyl sites for hydroxylation is 1. The first-order valence-electron chi connectivity index (χ1n) is 9.68. The fourth-order valence-electron chi connectivity index (χ4n) is 3.42. The van der Waals surface area contributed by atoms with Gasteiger partial charge in [-0.15, -0.1) is 0 Å². The number of hydrogen-bond acceptors (Lipinski definition) is 6. The third-order valence-electron chi connectivity index (χ3n) is 4.95. The molecule has 4 N–H and O–H groups in total. The van der Waals surface area contributed by atoms with Gasteiger partial charge in [0.05, 0.1) is 16.8 Å². The maximum absolute atomic E-state index is 14.7. The van der Waals surface area contributed by atoms with E-state index in [0.717, 1.165) is 16.9 Å². The second kappa shape index (κ2) is 7.60. The zero-order valence-electron chi connectivity index (χ0n) is 17.3. The van der Waals surface area contributed by atoms with Gasteiger partial charge in [0, 0.05) is 31.4 Å². The first kappa shape index (κ1) is 20.2. The Hall–Kier alpha value is -4.13. The molecule has 0 saturated heterocycles. The van der Waals surface area contributed by atoms with Gasteiger partial charge in [-0.3, -0.25) is 19.1 Å². The first-order chi connectivity index (χ1) is 14.8. The highest BCUT2D eigenvalue weighted by molar-refractivity contribution is 5.98. The maximum Gasteiger partial charge on any atom is 0.268 e. The lowest BCUT2D eigenvalue weighted by molar-refractivity contribution is 0.616. The molecule has 0 aliphatic carbocycles. The van der Waals surface area contributed by atoms with Crippen LogP contribution in [0.2, 0.25) is 0 Å². The molecular weight excluding hydrogens is 399 g/mol. The van der Waals surface area contributed by atoms with Crippen LogP contribution >= 0.6 is 0 Å². The van der Waals surface area contributed by atoms with Gasteiger partial charge in [-0.1, -0.05) is 19.9 Å². The Morgan fingerprint density at radius 3 is 2.87 bits per heavy atom. The number of anilines is 2. The average Bonchev–Trinajstić information content (AvgIpc) is 3.30. The van der Waals surface area contributed by atoms with E-state index in [2.05, 4.69) is 34.5 Å². The molecule has 0 unspecified atom stereocenters. The van der Waals surface area contributed by atoms with Gasteiger partial charge in [0.2, 0.25) is 0 Å². The minimum atomic E-state index is -0.700. The molecule has 3 aromatic heterocycles. The minimum absolute atomic E-state index is 0.0143. The Morgan fingerprint density at radius 2 is 2.16 bits per heavy atom. The molecule has 9 nitrogen and oxygen atoms in total. The zero-order valence-corrected chi connectivity index (χ0v) is 17.3. The summed E-state index contributed by atoms with van der Waals surface area (Å²) in [7, 11) is 1.80. The van der Waals surface area contributed by atoms with E-state index in [-0.39, 0.29) is 22.5 Å². The lowest BCUT2D eigenvalue weighted by atomic mass is 10.1. The van der Waals surface area contributed by atoms with Crippen molar-refractivity contribution in [1.82, 2.24) is 24.5 Å². The molecule has 158 valence electrons. The number of para-hydroxylation sites is 1. The molecule has 1 aromatic carbocycles. The highest BCUT2D eigenvalue weighted by Crippen LogP contribution is 2.30. The molecule has 3 heterocycles. The third kappa shape index (κ3) is 3.40. The van der Waals surface area contributed by atoms with Crippen LogP contribution in [0.25, 0.3) is 27.8 Å². The van der Waals surface area contributed by atoms with Crippen LogP contribution < -0.4 is 16.6 Å². The van der Waals surface area contributed by atoms with Crippen molar-refractivity contribution in [3.05, 3.63) is 52.2 Å². The van der Waals surface area contributed by atoms with Crippen LogP contribution in [0, 0.1) is 23.1 Å².